The van der Waals surface area contributed by atoms with E-state index in [-0.39, 0.29) is 17.7 Å². The van der Waals surface area contributed by atoms with Crippen LogP contribution in [0.15, 0.2) is 18.2 Å². The van der Waals surface area contributed by atoms with Gasteiger partial charge in [0.15, 0.2) is 0 Å². The Hall–Kier alpha value is -1.22. The maximum absolute atomic E-state index is 12.2. The molecule has 0 saturated carbocycles. The summed E-state index contributed by atoms with van der Waals surface area (Å²) in [7, 11) is 0. The first kappa shape index (κ1) is 13.8. The second kappa shape index (κ2) is 5.92. The van der Waals surface area contributed by atoms with E-state index in [1.807, 2.05) is 13.8 Å². The minimum Gasteiger partial charge on any atom is -0.508 e. The van der Waals surface area contributed by atoms with Crippen molar-refractivity contribution in [3.8, 4) is 5.75 Å². The first-order valence-corrected chi connectivity index (χ1v) is 6.17. The summed E-state index contributed by atoms with van der Waals surface area (Å²) in [5, 5.41) is 9.43. The third kappa shape index (κ3) is 3.37. The van der Waals surface area contributed by atoms with Gasteiger partial charge in [0.2, 0.25) is 0 Å². The van der Waals surface area contributed by atoms with Crippen LogP contribution in [-0.4, -0.2) is 34.4 Å². The Morgan fingerprint density at radius 2 is 2.12 bits per heavy atom. The summed E-state index contributed by atoms with van der Waals surface area (Å²) in [5.74, 6) is 0.569. The summed E-state index contributed by atoms with van der Waals surface area (Å²) in [6.45, 7) is 6.21. The molecule has 1 rings (SSSR count). The molecule has 94 valence electrons. The second-order valence-corrected chi connectivity index (χ2v) is 4.66. The molecule has 0 heterocycles. The standard InChI is InChI=1S/C13H18ClNO2/c1-9(2)15(7-6-14)13(17)11-4-5-12(16)10(3)8-11/h4-5,8-9,16H,6-7H2,1-3H3. The Bertz CT molecular complexity index is 404. The molecule has 4 heteroatoms. The van der Waals surface area contributed by atoms with Crippen molar-refractivity contribution in [1.29, 1.82) is 0 Å². The molecule has 0 atom stereocenters. The van der Waals surface area contributed by atoms with Crippen LogP contribution in [0.5, 0.6) is 5.75 Å². The summed E-state index contributed by atoms with van der Waals surface area (Å²) in [6, 6.07) is 4.98. The van der Waals surface area contributed by atoms with Gasteiger partial charge in [-0.15, -0.1) is 11.6 Å². The van der Waals surface area contributed by atoms with E-state index in [1.54, 1.807) is 30.0 Å². The lowest BCUT2D eigenvalue weighted by Gasteiger charge is -2.26. The maximum Gasteiger partial charge on any atom is 0.254 e. The second-order valence-electron chi connectivity index (χ2n) is 4.28. The predicted octanol–water partition coefficient (Wildman–Crippen LogP) is 2.79. The number of rotatable bonds is 4. The van der Waals surface area contributed by atoms with Crippen molar-refractivity contribution < 1.29 is 9.90 Å². The minimum absolute atomic E-state index is 0.0521. The topological polar surface area (TPSA) is 40.5 Å². The number of carbonyl (C=O) groups is 1. The van der Waals surface area contributed by atoms with Gasteiger partial charge in [0, 0.05) is 24.0 Å². The van der Waals surface area contributed by atoms with Crippen LogP contribution < -0.4 is 0 Å². The molecule has 0 aliphatic carbocycles. The summed E-state index contributed by atoms with van der Waals surface area (Å²) < 4.78 is 0. The predicted molar refractivity (Wildman–Crippen MR) is 69.7 cm³/mol. The van der Waals surface area contributed by atoms with E-state index in [4.69, 9.17) is 11.6 Å². The highest BCUT2D eigenvalue weighted by atomic mass is 35.5. The van der Waals surface area contributed by atoms with E-state index >= 15 is 0 Å². The fourth-order valence-electron chi connectivity index (χ4n) is 1.64. The number of halogens is 1. The molecule has 0 spiro atoms. The van der Waals surface area contributed by atoms with Crippen LogP contribution >= 0.6 is 11.6 Å². The van der Waals surface area contributed by atoms with Gasteiger partial charge in [-0.3, -0.25) is 4.79 Å². The highest BCUT2D eigenvalue weighted by molar-refractivity contribution is 6.18. The lowest BCUT2D eigenvalue weighted by molar-refractivity contribution is 0.0718. The van der Waals surface area contributed by atoms with Crippen LogP contribution in [0.1, 0.15) is 29.8 Å². The number of phenolic OH excluding ortho intramolecular Hbond substituents is 1. The molecular weight excluding hydrogens is 238 g/mol. The Balaban J connectivity index is 2.97. The van der Waals surface area contributed by atoms with Crippen molar-refractivity contribution in [2.24, 2.45) is 0 Å². The number of nitrogens with zero attached hydrogens (tertiary/aromatic N) is 1. The number of phenols is 1. The molecule has 1 N–H and O–H groups in total. The average molecular weight is 256 g/mol. The van der Waals surface area contributed by atoms with Gasteiger partial charge in [-0.05, 0) is 44.5 Å². The fourth-order valence-corrected chi connectivity index (χ4v) is 1.82. The van der Waals surface area contributed by atoms with Crippen LogP contribution in [0.4, 0.5) is 0 Å². The van der Waals surface area contributed by atoms with E-state index < -0.39 is 0 Å². The Kier molecular flexibility index (Phi) is 4.82. The quantitative estimate of drug-likeness (QED) is 0.841. The summed E-state index contributed by atoms with van der Waals surface area (Å²) in [6.07, 6.45) is 0. The zero-order chi connectivity index (χ0) is 13.0. The highest BCUT2D eigenvalue weighted by Gasteiger charge is 2.18. The number of alkyl halides is 1. The van der Waals surface area contributed by atoms with Crippen LogP contribution in [0, 0.1) is 6.92 Å². The summed E-state index contributed by atoms with van der Waals surface area (Å²) in [4.78, 5) is 13.9. The van der Waals surface area contributed by atoms with Crippen molar-refractivity contribution in [3.63, 3.8) is 0 Å². The number of hydrogen-bond donors (Lipinski definition) is 1. The third-order valence-electron chi connectivity index (χ3n) is 2.65. The van der Waals surface area contributed by atoms with E-state index in [0.29, 0.717) is 23.6 Å². The van der Waals surface area contributed by atoms with Gasteiger partial charge >= 0.3 is 0 Å². The van der Waals surface area contributed by atoms with E-state index in [0.717, 1.165) is 0 Å². The fraction of sp³-hybridized carbons (Fsp3) is 0.462. The van der Waals surface area contributed by atoms with E-state index in [9.17, 15) is 9.90 Å². The number of amides is 1. The molecule has 17 heavy (non-hydrogen) atoms. The Labute approximate surface area is 107 Å². The monoisotopic (exact) mass is 255 g/mol. The first-order valence-electron chi connectivity index (χ1n) is 5.64. The smallest absolute Gasteiger partial charge is 0.254 e. The van der Waals surface area contributed by atoms with Crippen molar-refractivity contribution in [1.82, 2.24) is 4.90 Å². The van der Waals surface area contributed by atoms with Gasteiger partial charge in [-0.1, -0.05) is 0 Å². The molecule has 1 aromatic rings. The molecule has 0 unspecified atom stereocenters. The zero-order valence-corrected chi connectivity index (χ0v) is 11.2. The molecule has 0 saturated heterocycles. The van der Waals surface area contributed by atoms with Gasteiger partial charge in [0.05, 0.1) is 0 Å². The van der Waals surface area contributed by atoms with Gasteiger partial charge in [0.25, 0.3) is 5.91 Å². The van der Waals surface area contributed by atoms with Crippen molar-refractivity contribution in [2.75, 3.05) is 12.4 Å². The largest absolute Gasteiger partial charge is 0.508 e. The van der Waals surface area contributed by atoms with Crippen molar-refractivity contribution in [2.45, 2.75) is 26.8 Å². The number of aryl methyl sites for hydroxylation is 1. The third-order valence-corrected chi connectivity index (χ3v) is 2.82. The average Bonchev–Trinajstić information content (AvgIpc) is 2.28. The van der Waals surface area contributed by atoms with Crippen molar-refractivity contribution in [3.05, 3.63) is 29.3 Å². The van der Waals surface area contributed by atoms with Crippen LogP contribution in [0.3, 0.4) is 0 Å². The lowest BCUT2D eigenvalue weighted by atomic mass is 10.1. The zero-order valence-electron chi connectivity index (χ0n) is 10.4. The number of aromatic hydroxyl groups is 1. The molecule has 0 radical (unpaired) electrons. The molecule has 0 fully saturated rings. The maximum atomic E-state index is 12.2. The molecule has 0 aromatic heterocycles. The van der Waals surface area contributed by atoms with Gasteiger partial charge in [0.1, 0.15) is 5.75 Å². The SMILES string of the molecule is Cc1cc(C(=O)N(CCCl)C(C)C)ccc1O. The summed E-state index contributed by atoms with van der Waals surface area (Å²) >= 11 is 5.69. The van der Waals surface area contributed by atoms with E-state index in [2.05, 4.69) is 0 Å². The molecule has 0 bridgehead atoms. The van der Waals surface area contributed by atoms with E-state index in [1.165, 1.54) is 0 Å². The van der Waals surface area contributed by atoms with Gasteiger partial charge in [-0.25, -0.2) is 0 Å². The molecule has 0 aliphatic rings. The minimum atomic E-state index is -0.0521. The molecule has 1 aromatic carbocycles. The van der Waals surface area contributed by atoms with Gasteiger partial charge < -0.3 is 10.0 Å². The molecule has 3 nitrogen and oxygen atoms in total. The molecule has 0 aliphatic heterocycles. The molecular formula is C13H18ClNO2. The summed E-state index contributed by atoms with van der Waals surface area (Å²) in [5.41, 5.74) is 1.28. The Morgan fingerprint density at radius 3 is 2.59 bits per heavy atom. The lowest BCUT2D eigenvalue weighted by Crippen LogP contribution is -2.38. The number of carbonyl (C=O) groups excluding carboxylic acids is 1. The van der Waals surface area contributed by atoms with Crippen LogP contribution in [0.2, 0.25) is 0 Å². The number of benzene rings is 1. The van der Waals surface area contributed by atoms with Gasteiger partial charge in [-0.2, -0.15) is 0 Å². The number of hydrogen-bond acceptors (Lipinski definition) is 2. The van der Waals surface area contributed by atoms with Crippen LogP contribution in [-0.2, 0) is 0 Å². The normalized spacial score (nSPS) is 10.6. The van der Waals surface area contributed by atoms with Crippen molar-refractivity contribution >= 4 is 17.5 Å². The Morgan fingerprint density at radius 1 is 1.47 bits per heavy atom. The highest BCUT2D eigenvalue weighted by Crippen LogP contribution is 2.18. The molecule has 1 amide bonds. The van der Waals surface area contributed by atoms with Crippen LogP contribution in [0.25, 0.3) is 0 Å². The first-order chi connectivity index (χ1) is 7.97.